The normalized spacial score (nSPS) is 11.2. The molecule has 0 unspecified atom stereocenters. The van der Waals surface area contributed by atoms with Crippen LogP contribution in [-0.2, 0) is 6.61 Å². The van der Waals surface area contributed by atoms with E-state index in [1.807, 2.05) is 42.5 Å². The van der Waals surface area contributed by atoms with Gasteiger partial charge in [0.15, 0.2) is 5.01 Å². The number of benzene rings is 2. The van der Waals surface area contributed by atoms with Gasteiger partial charge in [0.25, 0.3) is 0 Å². The molecule has 0 fully saturated rings. The zero-order valence-electron chi connectivity index (χ0n) is 15.8. The fraction of sp³-hybridized carbons (Fsp3) is 0.0952. The van der Waals surface area contributed by atoms with Crippen LogP contribution in [0.1, 0.15) is 5.69 Å². The van der Waals surface area contributed by atoms with Crippen LogP contribution in [0, 0.1) is 0 Å². The maximum atomic E-state index is 12.3. The second-order valence-corrected chi connectivity index (χ2v) is 7.19. The number of alkyl halides is 3. The van der Waals surface area contributed by atoms with Crippen molar-refractivity contribution in [3.63, 3.8) is 0 Å². The van der Waals surface area contributed by atoms with Crippen molar-refractivity contribution in [1.29, 1.82) is 0 Å². The average Bonchev–Trinajstić information content (AvgIpc) is 3.22. The summed E-state index contributed by atoms with van der Waals surface area (Å²) in [7, 11) is 0. The SMILES string of the molecule is FC(F)(F)Oc1ccc(Nc2nnc(-c3ccccc3OCc3ccccn3)s2)cc1. The van der Waals surface area contributed by atoms with E-state index in [0.717, 1.165) is 11.3 Å². The molecule has 10 heteroatoms. The lowest BCUT2D eigenvalue weighted by molar-refractivity contribution is -0.274. The standard InChI is InChI=1S/C21H15F3N4O2S/c22-21(23,24)30-16-10-8-14(9-11-16)26-20-28-27-19(31-20)17-6-1-2-7-18(17)29-13-15-5-3-4-12-25-15/h1-12H,13H2,(H,26,28). The molecule has 158 valence electrons. The van der Waals surface area contributed by atoms with Gasteiger partial charge in [0, 0.05) is 11.9 Å². The highest BCUT2D eigenvalue weighted by Crippen LogP contribution is 2.35. The number of hydrogen-bond donors (Lipinski definition) is 1. The Bertz CT molecular complexity index is 1140. The van der Waals surface area contributed by atoms with Crippen molar-refractivity contribution in [2.24, 2.45) is 0 Å². The van der Waals surface area contributed by atoms with Crippen LogP contribution in [0.2, 0.25) is 0 Å². The number of pyridine rings is 1. The van der Waals surface area contributed by atoms with E-state index in [1.54, 1.807) is 6.20 Å². The van der Waals surface area contributed by atoms with E-state index in [-0.39, 0.29) is 5.75 Å². The molecule has 0 aliphatic carbocycles. The summed E-state index contributed by atoms with van der Waals surface area (Å²) in [6, 6.07) is 18.4. The molecule has 2 heterocycles. The summed E-state index contributed by atoms with van der Waals surface area (Å²) in [5.41, 5.74) is 2.13. The number of nitrogens with zero attached hydrogens (tertiary/aromatic N) is 3. The van der Waals surface area contributed by atoms with Crippen LogP contribution in [0.5, 0.6) is 11.5 Å². The number of ether oxygens (including phenoxy) is 2. The van der Waals surface area contributed by atoms with Crippen LogP contribution < -0.4 is 14.8 Å². The van der Waals surface area contributed by atoms with Crippen LogP contribution >= 0.6 is 11.3 Å². The van der Waals surface area contributed by atoms with Crippen molar-refractivity contribution < 1.29 is 22.6 Å². The van der Waals surface area contributed by atoms with Gasteiger partial charge in [0.05, 0.1) is 11.3 Å². The molecule has 0 aliphatic heterocycles. The fourth-order valence-electron chi connectivity index (χ4n) is 2.65. The zero-order valence-corrected chi connectivity index (χ0v) is 16.7. The summed E-state index contributed by atoms with van der Waals surface area (Å²) in [6.07, 6.45) is -3.02. The molecule has 6 nitrogen and oxygen atoms in total. The lowest BCUT2D eigenvalue weighted by atomic mass is 10.2. The predicted octanol–water partition coefficient (Wildman–Crippen LogP) is 5.82. The topological polar surface area (TPSA) is 69.2 Å². The summed E-state index contributed by atoms with van der Waals surface area (Å²) < 4.78 is 46.6. The molecule has 0 bridgehead atoms. The molecule has 31 heavy (non-hydrogen) atoms. The van der Waals surface area contributed by atoms with Crippen molar-refractivity contribution in [2.45, 2.75) is 13.0 Å². The lowest BCUT2D eigenvalue weighted by Gasteiger charge is -2.09. The third-order valence-corrected chi connectivity index (χ3v) is 4.86. The van der Waals surface area contributed by atoms with Crippen molar-refractivity contribution in [1.82, 2.24) is 15.2 Å². The molecule has 4 aromatic rings. The second-order valence-electron chi connectivity index (χ2n) is 6.22. The number of hydrogen-bond acceptors (Lipinski definition) is 7. The van der Waals surface area contributed by atoms with Crippen molar-refractivity contribution in [2.75, 3.05) is 5.32 Å². The molecule has 0 amide bonds. The Morgan fingerprint density at radius 2 is 1.68 bits per heavy atom. The Morgan fingerprint density at radius 3 is 2.42 bits per heavy atom. The van der Waals surface area contributed by atoms with Gasteiger partial charge in [-0.05, 0) is 48.5 Å². The molecular weight excluding hydrogens is 429 g/mol. The zero-order chi connectivity index (χ0) is 21.7. The van der Waals surface area contributed by atoms with Gasteiger partial charge in [-0.3, -0.25) is 4.98 Å². The maximum absolute atomic E-state index is 12.3. The van der Waals surface area contributed by atoms with E-state index in [0.29, 0.717) is 28.2 Å². The summed E-state index contributed by atoms with van der Waals surface area (Å²) >= 11 is 1.29. The molecule has 0 atom stereocenters. The maximum Gasteiger partial charge on any atom is 0.573 e. The highest BCUT2D eigenvalue weighted by Gasteiger charge is 2.30. The van der Waals surface area contributed by atoms with Crippen LogP contribution in [0.15, 0.2) is 72.9 Å². The average molecular weight is 444 g/mol. The molecule has 2 aromatic carbocycles. The smallest absolute Gasteiger partial charge is 0.487 e. The third-order valence-electron chi connectivity index (χ3n) is 3.98. The van der Waals surface area contributed by atoms with Crippen molar-refractivity contribution in [3.05, 3.63) is 78.6 Å². The highest BCUT2D eigenvalue weighted by molar-refractivity contribution is 7.18. The molecule has 4 rings (SSSR count). The molecule has 0 spiro atoms. The molecular formula is C21H15F3N4O2S. The van der Waals surface area contributed by atoms with Gasteiger partial charge in [-0.25, -0.2) is 0 Å². The van der Waals surface area contributed by atoms with E-state index in [9.17, 15) is 13.2 Å². The van der Waals surface area contributed by atoms with Gasteiger partial charge < -0.3 is 14.8 Å². The Labute approximate surface area is 179 Å². The largest absolute Gasteiger partial charge is 0.573 e. The Kier molecular flexibility index (Phi) is 5.99. The quantitative estimate of drug-likeness (QED) is 0.387. The Balaban J connectivity index is 1.45. The number of rotatable bonds is 7. The number of para-hydroxylation sites is 1. The van der Waals surface area contributed by atoms with Crippen LogP contribution in [0.25, 0.3) is 10.6 Å². The Hall–Kier alpha value is -3.66. The summed E-state index contributed by atoms with van der Waals surface area (Å²) in [6.45, 7) is 0.314. The van der Waals surface area contributed by atoms with Gasteiger partial charge in [-0.2, -0.15) is 0 Å². The van der Waals surface area contributed by atoms with Gasteiger partial charge in [-0.15, -0.1) is 23.4 Å². The molecule has 0 aliphatic rings. The van der Waals surface area contributed by atoms with Crippen LogP contribution in [0.4, 0.5) is 24.0 Å². The first kappa shape index (κ1) is 20.6. The van der Waals surface area contributed by atoms with Gasteiger partial charge in [0.1, 0.15) is 18.1 Å². The first-order chi connectivity index (χ1) is 15.0. The lowest BCUT2D eigenvalue weighted by Crippen LogP contribution is -2.16. The Morgan fingerprint density at radius 1 is 0.903 bits per heavy atom. The molecule has 1 N–H and O–H groups in total. The molecule has 0 saturated heterocycles. The molecule has 2 aromatic heterocycles. The highest BCUT2D eigenvalue weighted by atomic mass is 32.1. The van der Waals surface area contributed by atoms with E-state index >= 15 is 0 Å². The molecule has 0 saturated carbocycles. The van der Waals surface area contributed by atoms with Crippen LogP contribution in [0.3, 0.4) is 0 Å². The number of aromatic nitrogens is 3. The van der Waals surface area contributed by atoms with E-state index in [4.69, 9.17) is 4.74 Å². The van der Waals surface area contributed by atoms with E-state index < -0.39 is 6.36 Å². The van der Waals surface area contributed by atoms with Crippen LogP contribution in [-0.4, -0.2) is 21.5 Å². The first-order valence-electron chi connectivity index (χ1n) is 9.05. The van der Waals surface area contributed by atoms with Gasteiger partial charge >= 0.3 is 6.36 Å². The van der Waals surface area contributed by atoms with E-state index in [1.165, 1.54) is 35.6 Å². The van der Waals surface area contributed by atoms with Crippen molar-refractivity contribution in [3.8, 4) is 22.1 Å². The number of anilines is 2. The fourth-order valence-corrected chi connectivity index (χ4v) is 3.44. The van der Waals surface area contributed by atoms with Crippen molar-refractivity contribution >= 4 is 22.2 Å². The second kappa shape index (κ2) is 9.00. The summed E-state index contributed by atoms with van der Waals surface area (Å²) in [4.78, 5) is 4.24. The van der Waals surface area contributed by atoms with Gasteiger partial charge in [-0.1, -0.05) is 29.5 Å². The minimum atomic E-state index is -4.73. The minimum Gasteiger partial charge on any atom is -0.487 e. The monoisotopic (exact) mass is 444 g/mol. The summed E-state index contributed by atoms with van der Waals surface area (Å²) in [5.74, 6) is 0.347. The molecule has 0 radical (unpaired) electrons. The third kappa shape index (κ3) is 5.70. The predicted molar refractivity (Wildman–Crippen MR) is 110 cm³/mol. The summed E-state index contributed by atoms with van der Waals surface area (Å²) in [5, 5.41) is 12.4. The number of nitrogens with one attached hydrogen (secondary N) is 1. The van der Waals surface area contributed by atoms with Gasteiger partial charge in [0.2, 0.25) is 5.13 Å². The number of halogens is 3. The first-order valence-corrected chi connectivity index (χ1v) is 9.86. The minimum absolute atomic E-state index is 0.296. The van der Waals surface area contributed by atoms with E-state index in [2.05, 4.69) is 25.2 Å².